The van der Waals surface area contributed by atoms with E-state index in [1.807, 2.05) is 7.05 Å². The van der Waals surface area contributed by atoms with Gasteiger partial charge in [0.2, 0.25) is 11.8 Å². The van der Waals surface area contributed by atoms with Crippen LogP contribution in [0, 0.1) is 18.8 Å². The number of carbonyl (C=O) groups excluding carboxylic acids is 2. The van der Waals surface area contributed by atoms with Crippen LogP contribution in [-0.2, 0) is 16.1 Å². The Labute approximate surface area is 145 Å². The fourth-order valence-corrected chi connectivity index (χ4v) is 4.00. The average molecular weight is 348 g/mol. The molecule has 2 amide bonds. The molecule has 1 saturated heterocycles. The van der Waals surface area contributed by atoms with E-state index in [0.717, 1.165) is 19.4 Å². The van der Waals surface area contributed by atoms with E-state index in [9.17, 15) is 19.2 Å². The number of nitrogens with zero attached hydrogens (tertiary/aromatic N) is 3. The number of rotatable bonds is 3. The molecular weight excluding hydrogens is 324 g/mol. The number of amides is 2. The molecule has 1 aliphatic carbocycles. The maximum Gasteiger partial charge on any atom is 0.328 e. The minimum absolute atomic E-state index is 0.0846. The van der Waals surface area contributed by atoms with Gasteiger partial charge in [0.15, 0.2) is 0 Å². The van der Waals surface area contributed by atoms with Crippen molar-refractivity contribution in [2.45, 2.75) is 38.8 Å². The highest BCUT2D eigenvalue weighted by molar-refractivity contribution is 5.77. The van der Waals surface area contributed by atoms with Crippen LogP contribution in [0.1, 0.15) is 24.8 Å². The van der Waals surface area contributed by atoms with Crippen molar-refractivity contribution in [2.24, 2.45) is 11.8 Å². The zero-order chi connectivity index (χ0) is 18.3. The first kappa shape index (κ1) is 17.4. The number of aromatic amines is 1. The van der Waals surface area contributed by atoms with Crippen molar-refractivity contribution in [1.82, 2.24) is 19.4 Å². The van der Waals surface area contributed by atoms with E-state index >= 15 is 0 Å². The van der Waals surface area contributed by atoms with Crippen molar-refractivity contribution in [3.05, 3.63) is 32.6 Å². The first-order valence-corrected chi connectivity index (χ1v) is 8.56. The van der Waals surface area contributed by atoms with Crippen molar-refractivity contribution in [2.75, 3.05) is 20.6 Å². The zero-order valence-electron chi connectivity index (χ0n) is 14.8. The molecule has 3 rings (SSSR count). The SMILES string of the molecule is Cc1cn(CC(=O)N(C)[C@H]2C[C@H]3CC(=O)N(C)C[C@H]3C2)c(=O)[nH]c1=O. The maximum atomic E-state index is 12.6. The van der Waals surface area contributed by atoms with Crippen LogP contribution in [-0.4, -0.2) is 57.8 Å². The van der Waals surface area contributed by atoms with Crippen LogP contribution < -0.4 is 11.2 Å². The maximum absolute atomic E-state index is 12.6. The van der Waals surface area contributed by atoms with Gasteiger partial charge in [-0.25, -0.2) is 4.79 Å². The van der Waals surface area contributed by atoms with Gasteiger partial charge in [0.25, 0.3) is 5.56 Å². The molecule has 3 atom stereocenters. The van der Waals surface area contributed by atoms with Crippen LogP contribution in [0.15, 0.2) is 15.8 Å². The number of likely N-dealkylation sites (N-methyl/N-ethyl adjacent to an activating group) is 1. The van der Waals surface area contributed by atoms with Crippen LogP contribution in [0.5, 0.6) is 0 Å². The van der Waals surface area contributed by atoms with Crippen molar-refractivity contribution >= 4 is 11.8 Å². The van der Waals surface area contributed by atoms with Crippen molar-refractivity contribution < 1.29 is 9.59 Å². The first-order chi connectivity index (χ1) is 11.8. The number of carbonyl (C=O) groups is 2. The molecule has 0 spiro atoms. The summed E-state index contributed by atoms with van der Waals surface area (Å²) in [7, 11) is 3.57. The molecule has 0 radical (unpaired) electrons. The molecule has 2 aliphatic rings. The molecule has 8 nitrogen and oxygen atoms in total. The van der Waals surface area contributed by atoms with Gasteiger partial charge >= 0.3 is 5.69 Å². The molecule has 1 N–H and O–H groups in total. The number of aryl methyl sites for hydroxylation is 1. The van der Waals surface area contributed by atoms with Gasteiger partial charge in [-0.1, -0.05) is 0 Å². The Kier molecular flexibility index (Phi) is 4.53. The van der Waals surface area contributed by atoms with Gasteiger partial charge < -0.3 is 9.80 Å². The lowest BCUT2D eigenvalue weighted by molar-refractivity contribution is -0.135. The van der Waals surface area contributed by atoms with E-state index in [-0.39, 0.29) is 24.4 Å². The highest BCUT2D eigenvalue weighted by Crippen LogP contribution is 2.39. The molecule has 2 fully saturated rings. The molecule has 1 aromatic rings. The van der Waals surface area contributed by atoms with Crippen molar-refractivity contribution in [3.63, 3.8) is 0 Å². The summed E-state index contributed by atoms with van der Waals surface area (Å²) in [6.45, 7) is 2.25. The minimum Gasteiger partial charge on any atom is -0.345 e. The molecule has 0 aromatic carbocycles. The lowest BCUT2D eigenvalue weighted by Gasteiger charge is -2.31. The van der Waals surface area contributed by atoms with E-state index in [1.54, 1.807) is 23.8 Å². The molecule has 0 bridgehead atoms. The van der Waals surface area contributed by atoms with E-state index in [4.69, 9.17) is 0 Å². The summed E-state index contributed by atoms with van der Waals surface area (Å²) in [4.78, 5) is 53.4. The van der Waals surface area contributed by atoms with Gasteiger partial charge in [-0.2, -0.15) is 0 Å². The van der Waals surface area contributed by atoms with E-state index < -0.39 is 11.2 Å². The lowest BCUT2D eigenvalue weighted by Crippen LogP contribution is -2.41. The molecule has 1 saturated carbocycles. The summed E-state index contributed by atoms with van der Waals surface area (Å²) in [5, 5.41) is 0. The summed E-state index contributed by atoms with van der Waals surface area (Å²) in [5.41, 5.74) is -0.621. The van der Waals surface area contributed by atoms with Crippen LogP contribution in [0.25, 0.3) is 0 Å². The Hall–Kier alpha value is -2.38. The van der Waals surface area contributed by atoms with Crippen LogP contribution in [0.3, 0.4) is 0 Å². The van der Waals surface area contributed by atoms with E-state index in [0.29, 0.717) is 23.8 Å². The molecule has 1 aromatic heterocycles. The van der Waals surface area contributed by atoms with Gasteiger partial charge in [-0.15, -0.1) is 0 Å². The molecule has 136 valence electrons. The van der Waals surface area contributed by atoms with Gasteiger partial charge in [-0.05, 0) is 31.6 Å². The third kappa shape index (κ3) is 3.38. The number of likely N-dealkylation sites (tertiary alicyclic amines) is 1. The Bertz CT molecular complexity index is 812. The number of hydrogen-bond donors (Lipinski definition) is 1. The lowest BCUT2D eigenvalue weighted by atomic mass is 9.88. The van der Waals surface area contributed by atoms with Gasteiger partial charge in [0.1, 0.15) is 6.54 Å². The van der Waals surface area contributed by atoms with Gasteiger partial charge in [-0.3, -0.25) is 23.9 Å². The number of H-pyrrole nitrogens is 1. The molecular formula is C17H24N4O4. The molecule has 1 aliphatic heterocycles. The van der Waals surface area contributed by atoms with Crippen LogP contribution in [0.4, 0.5) is 0 Å². The topological polar surface area (TPSA) is 95.5 Å². The number of nitrogens with one attached hydrogen (secondary N) is 1. The molecule has 25 heavy (non-hydrogen) atoms. The standard InChI is InChI=1S/C17H24N4O4/c1-10-7-21(17(25)18-16(10)24)9-15(23)20(3)13-4-11-6-14(22)19(2)8-12(11)5-13/h7,11-13H,4-6,8-9H2,1-3H3,(H,18,24,25)/t11-,12+,13-/m0/s1. The summed E-state index contributed by atoms with van der Waals surface area (Å²) in [6, 6.07) is 0.0846. The highest BCUT2D eigenvalue weighted by Gasteiger charge is 2.42. The van der Waals surface area contributed by atoms with Crippen LogP contribution in [0.2, 0.25) is 0 Å². The summed E-state index contributed by atoms with van der Waals surface area (Å²) >= 11 is 0. The Morgan fingerprint density at radius 3 is 2.68 bits per heavy atom. The molecule has 8 heteroatoms. The Balaban J connectivity index is 1.68. The average Bonchev–Trinajstić information content (AvgIpc) is 2.94. The van der Waals surface area contributed by atoms with E-state index in [1.165, 1.54) is 10.8 Å². The summed E-state index contributed by atoms with van der Waals surface area (Å²) in [6.07, 6.45) is 3.67. The first-order valence-electron chi connectivity index (χ1n) is 8.56. The second kappa shape index (κ2) is 6.50. The van der Waals surface area contributed by atoms with Gasteiger partial charge in [0, 0.05) is 44.9 Å². The predicted octanol–water partition coefficient (Wildman–Crippen LogP) is -0.440. The third-order valence-corrected chi connectivity index (χ3v) is 5.62. The van der Waals surface area contributed by atoms with Crippen LogP contribution >= 0.6 is 0 Å². The Morgan fingerprint density at radius 2 is 1.96 bits per heavy atom. The molecule has 2 heterocycles. The quantitative estimate of drug-likeness (QED) is 0.801. The number of aromatic nitrogens is 2. The minimum atomic E-state index is -0.579. The number of hydrogen-bond acceptors (Lipinski definition) is 4. The summed E-state index contributed by atoms with van der Waals surface area (Å²) in [5.74, 6) is 0.769. The molecule has 0 unspecified atom stereocenters. The fourth-order valence-electron chi connectivity index (χ4n) is 4.00. The second-order valence-electron chi connectivity index (χ2n) is 7.33. The van der Waals surface area contributed by atoms with Crippen molar-refractivity contribution in [3.8, 4) is 0 Å². The predicted molar refractivity (Wildman–Crippen MR) is 91.1 cm³/mol. The smallest absolute Gasteiger partial charge is 0.328 e. The fraction of sp³-hybridized carbons (Fsp3) is 0.647. The number of fused-ring (bicyclic) bond motifs is 1. The number of piperidine rings is 1. The third-order valence-electron chi connectivity index (χ3n) is 5.62. The zero-order valence-corrected chi connectivity index (χ0v) is 14.8. The van der Waals surface area contributed by atoms with Crippen molar-refractivity contribution in [1.29, 1.82) is 0 Å². The monoisotopic (exact) mass is 348 g/mol. The van der Waals surface area contributed by atoms with E-state index in [2.05, 4.69) is 4.98 Å². The summed E-state index contributed by atoms with van der Waals surface area (Å²) < 4.78 is 1.23. The Morgan fingerprint density at radius 1 is 1.28 bits per heavy atom. The highest BCUT2D eigenvalue weighted by atomic mass is 16.2. The van der Waals surface area contributed by atoms with Gasteiger partial charge in [0.05, 0.1) is 0 Å². The largest absolute Gasteiger partial charge is 0.345 e. The second-order valence-corrected chi connectivity index (χ2v) is 7.33. The normalized spacial score (nSPS) is 25.8.